The number of hydrogen-bond donors (Lipinski definition) is 1. The summed E-state index contributed by atoms with van der Waals surface area (Å²) in [5.41, 5.74) is 6.79. The summed E-state index contributed by atoms with van der Waals surface area (Å²) in [6, 6.07) is 5.19. The van der Waals surface area contributed by atoms with Crippen molar-refractivity contribution in [2.75, 3.05) is 5.73 Å². The molecule has 0 aliphatic heterocycles. The Bertz CT molecular complexity index is 465. The highest BCUT2D eigenvalue weighted by Gasteiger charge is 2.05. The molecular formula is C8H5Cl2N3. The molecule has 2 rings (SSSR count). The largest absolute Gasteiger partial charge is 0.396 e. The first-order chi connectivity index (χ1) is 6.18. The van der Waals surface area contributed by atoms with Gasteiger partial charge in [-0.2, -0.15) is 0 Å². The Kier molecular flexibility index (Phi) is 1.98. The van der Waals surface area contributed by atoms with Crippen molar-refractivity contribution in [1.82, 2.24) is 10.2 Å². The van der Waals surface area contributed by atoms with Crippen molar-refractivity contribution in [3.63, 3.8) is 0 Å². The summed E-state index contributed by atoms with van der Waals surface area (Å²) in [5.74, 6) is 0. The fourth-order valence-electron chi connectivity index (χ4n) is 1.07. The number of nitrogens with zero attached hydrogens (tertiary/aromatic N) is 2. The average Bonchev–Trinajstić information content (AvgIpc) is 2.12. The normalized spacial score (nSPS) is 10.6. The van der Waals surface area contributed by atoms with Crippen molar-refractivity contribution >= 4 is 39.8 Å². The van der Waals surface area contributed by atoms with Crippen molar-refractivity contribution in [3.05, 3.63) is 28.4 Å². The van der Waals surface area contributed by atoms with Crippen LogP contribution in [-0.2, 0) is 0 Å². The molecule has 0 amide bonds. The number of anilines is 1. The Morgan fingerprint density at radius 1 is 1.15 bits per heavy atom. The highest BCUT2D eigenvalue weighted by Crippen LogP contribution is 2.26. The van der Waals surface area contributed by atoms with Gasteiger partial charge >= 0.3 is 0 Å². The average molecular weight is 214 g/mol. The summed E-state index contributed by atoms with van der Waals surface area (Å²) < 4.78 is 0. The molecule has 0 saturated carbocycles. The van der Waals surface area contributed by atoms with E-state index >= 15 is 0 Å². The van der Waals surface area contributed by atoms with E-state index in [1.54, 1.807) is 18.2 Å². The van der Waals surface area contributed by atoms with Crippen LogP contribution in [0.1, 0.15) is 0 Å². The van der Waals surface area contributed by atoms with Gasteiger partial charge in [-0.1, -0.05) is 23.2 Å². The maximum atomic E-state index is 5.80. The number of nitrogens with two attached hydrogens (primary N) is 1. The fourth-order valence-corrected chi connectivity index (χ4v) is 1.39. The summed E-state index contributed by atoms with van der Waals surface area (Å²) in [5, 5.41) is 9.08. The van der Waals surface area contributed by atoms with Crippen LogP contribution in [-0.4, -0.2) is 10.2 Å². The second kappa shape index (κ2) is 3.01. The molecule has 2 N–H and O–H groups in total. The van der Waals surface area contributed by atoms with Gasteiger partial charge in [0.2, 0.25) is 0 Å². The summed E-state index contributed by atoms with van der Waals surface area (Å²) in [4.78, 5) is 0. The minimum Gasteiger partial charge on any atom is -0.396 e. The van der Waals surface area contributed by atoms with Gasteiger partial charge in [0.1, 0.15) is 0 Å². The van der Waals surface area contributed by atoms with Crippen molar-refractivity contribution in [2.45, 2.75) is 0 Å². The van der Waals surface area contributed by atoms with Gasteiger partial charge in [-0.05, 0) is 18.2 Å². The Labute approximate surface area is 84.5 Å². The van der Waals surface area contributed by atoms with E-state index < -0.39 is 0 Å². The Hall–Kier alpha value is -1.06. The molecule has 0 aliphatic carbocycles. The molecule has 3 nitrogen and oxygen atoms in total. The topological polar surface area (TPSA) is 51.8 Å². The number of fused-ring (bicyclic) bond motifs is 1. The van der Waals surface area contributed by atoms with E-state index in [4.69, 9.17) is 28.9 Å². The summed E-state index contributed by atoms with van der Waals surface area (Å²) in [7, 11) is 0. The van der Waals surface area contributed by atoms with Crippen LogP contribution in [0.2, 0.25) is 10.2 Å². The molecule has 1 aromatic heterocycles. The smallest absolute Gasteiger partial charge is 0.175 e. The van der Waals surface area contributed by atoms with Crippen LogP contribution in [0.4, 0.5) is 5.69 Å². The number of benzene rings is 1. The molecule has 5 heteroatoms. The van der Waals surface area contributed by atoms with E-state index in [9.17, 15) is 0 Å². The molecule has 0 fully saturated rings. The Morgan fingerprint density at radius 2 is 1.92 bits per heavy atom. The van der Waals surface area contributed by atoms with Crippen LogP contribution >= 0.6 is 23.2 Å². The van der Waals surface area contributed by atoms with E-state index in [2.05, 4.69) is 10.2 Å². The molecule has 2 aromatic rings. The van der Waals surface area contributed by atoms with Crippen LogP contribution < -0.4 is 5.73 Å². The van der Waals surface area contributed by atoms with Gasteiger partial charge < -0.3 is 5.73 Å². The maximum absolute atomic E-state index is 5.80. The molecule has 0 unspecified atom stereocenters. The van der Waals surface area contributed by atoms with Crippen molar-refractivity contribution < 1.29 is 0 Å². The lowest BCUT2D eigenvalue weighted by atomic mass is 10.2. The number of aromatic nitrogens is 2. The Balaban J connectivity index is 2.89. The molecule has 0 aliphatic rings. The zero-order chi connectivity index (χ0) is 9.42. The third-order valence-electron chi connectivity index (χ3n) is 1.72. The van der Waals surface area contributed by atoms with Crippen LogP contribution in [0.3, 0.4) is 0 Å². The van der Waals surface area contributed by atoms with E-state index in [-0.39, 0.29) is 5.15 Å². The first-order valence-electron chi connectivity index (χ1n) is 3.55. The second-order valence-electron chi connectivity index (χ2n) is 2.57. The summed E-state index contributed by atoms with van der Waals surface area (Å²) in [6.07, 6.45) is 0. The van der Waals surface area contributed by atoms with Crippen molar-refractivity contribution in [2.24, 2.45) is 0 Å². The van der Waals surface area contributed by atoms with Gasteiger partial charge in [0.25, 0.3) is 0 Å². The van der Waals surface area contributed by atoms with Crippen LogP contribution in [0, 0.1) is 0 Å². The molecule has 1 heterocycles. The van der Waals surface area contributed by atoms with Gasteiger partial charge in [0, 0.05) is 10.4 Å². The molecule has 13 heavy (non-hydrogen) atoms. The lowest BCUT2D eigenvalue weighted by Crippen LogP contribution is -1.94. The maximum Gasteiger partial charge on any atom is 0.175 e. The van der Waals surface area contributed by atoms with Crippen molar-refractivity contribution in [1.29, 1.82) is 0 Å². The minimum absolute atomic E-state index is 0.203. The fraction of sp³-hybridized carbons (Fsp3) is 0. The number of hydrogen-bond acceptors (Lipinski definition) is 3. The lowest BCUT2D eigenvalue weighted by Gasteiger charge is -2.01. The predicted molar refractivity (Wildman–Crippen MR) is 54.0 cm³/mol. The van der Waals surface area contributed by atoms with Crippen molar-refractivity contribution in [3.8, 4) is 0 Å². The van der Waals surface area contributed by atoms with E-state index in [0.29, 0.717) is 16.2 Å². The number of rotatable bonds is 0. The third-order valence-corrected chi connectivity index (χ3v) is 2.23. The quantitative estimate of drug-likeness (QED) is 0.732. The lowest BCUT2D eigenvalue weighted by molar-refractivity contribution is 1.08. The summed E-state index contributed by atoms with van der Waals surface area (Å²) in [6.45, 7) is 0. The second-order valence-corrected chi connectivity index (χ2v) is 3.36. The SMILES string of the molecule is Nc1c(Cl)nnc2ccc(Cl)cc12. The Morgan fingerprint density at radius 3 is 2.69 bits per heavy atom. The number of halogens is 2. The van der Waals surface area contributed by atoms with Gasteiger partial charge in [0.15, 0.2) is 5.15 Å². The molecule has 0 radical (unpaired) electrons. The zero-order valence-corrected chi connectivity index (χ0v) is 7.97. The summed E-state index contributed by atoms with van der Waals surface area (Å²) >= 11 is 11.5. The van der Waals surface area contributed by atoms with E-state index in [1.807, 2.05) is 0 Å². The molecule has 0 atom stereocenters. The van der Waals surface area contributed by atoms with Gasteiger partial charge in [-0.3, -0.25) is 0 Å². The molecule has 0 saturated heterocycles. The van der Waals surface area contributed by atoms with Gasteiger partial charge in [-0.25, -0.2) is 0 Å². The predicted octanol–water partition coefficient (Wildman–Crippen LogP) is 2.52. The highest BCUT2D eigenvalue weighted by molar-refractivity contribution is 6.34. The van der Waals surface area contributed by atoms with E-state index in [0.717, 1.165) is 5.39 Å². The minimum atomic E-state index is 0.203. The van der Waals surface area contributed by atoms with Crippen LogP contribution in [0.15, 0.2) is 18.2 Å². The molecule has 66 valence electrons. The third kappa shape index (κ3) is 1.41. The van der Waals surface area contributed by atoms with Crippen LogP contribution in [0.25, 0.3) is 10.9 Å². The first kappa shape index (κ1) is 8.53. The molecule has 0 spiro atoms. The molecule has 1 aromatic carbocycles. The van der Waals surface area contributed by atoms with Gasteiger partial charge in [-0.15, -0.1) is 10.2 Å². The molecule has 0 bridgehead atoms. The number of nitrogen functional groups attached to an aromatic ring is 1. The first-order valence-corrected chi connectivity index (χ1v) is 4.31. The molecular weight excluding hydrogens is 209 g/mol. The zero-order valence-electron chi connectivity index (χ0n) is 6.46. The van der Waals surface area contributed by atoms with E-state index in [1.165, 1.54) is 0 Å². The highest BCUT2D eigenvalue weighted by atomic mass is 35.5. The van der Waals surface area contributed by atoms with Gasteiger partial charge in [0.05, 0.1) is 11.2 Å². The standard InChI is InChI=1S/C8H5Cl2N3/c9-4-1-2-6-5(3-4)7(11)8(10)13-12-6/h1-3H,(H2,11,12). The van der Waals surface area contributed by atoms with Crippen LogP contribution in [0.5, 0.6) is 0 Å². The monoisotopic (exact) mass is 213 g/mol.